The zero-order valence-corrected chi connectivity index (χ0v) is 14.1. The molecule has 6 nitrogen and oxygen atoms in total. The van der Waals surface area contributed by atoms with Crippen LogP contribution >= 0.6 is 15.9 Å². The van der Waals surface area contributed by atoms with Gasteiger partial charge < -0.3 is 4.90 Å². The van der Waals surface area contributed by atoms with Crippen LogP contribution in [0.15, 0.2) is 29.0 Å². The third-order valence-corrected chi connectivity index (χ3v) is 3.88. The van der Waals surface area contributed by atoms with E-state index in [0.29, 0.717) is 0 Å². The lowest BCUT2D eigenvalue weighted by Gasteiger charge is -2.19. The highest BCUT2D eigenvalue weighted by Crippen LogP contribution is 2.27. The summed E-state index contributed by atoms with van der Waals surface area (Å²) in [6.07, 6.45) is 3.59. The van der Waals surface area contributed by atoms with Crippen LogP contribution in [0.25, 0.3) is 0 Å². The van der Waals surface area contributed by atoms with Gasteiger partial charge in [0, 0.05) is 12.7 Å². The van der Waals surface area contributed by atoms with Gasteiger partial charge in [0.15, 0.2) is 0 Å². The molecule has 0 amide bonds. The SMILES string of the molecule is Cc1ccnc(C(NN)c2c(Br)cnn2CCN(C)C)c1. The lowest BCUT2D eigenvalue weighted by molar-refractivity contribution is 0.365. The second-order valence-corrected chi connectivity index (χ2v) is 6.12. The Morgan fingerprint density at radius 3 is 2.86 bits per heavy atom. The number of pyridine rings is 1. The van der Waals surface area contributed by atoms with Crippen LogP contribution in [0.2, 0.25) is 0 Å². The van der Waals surface area contributed by atoms with Gasteiger partial charge in [-0.25, -0.2) is 5.43 Å². The minimum Gasteiger partial charge on any atom is -0.308 e. The van der Waals surface area contributed by atoms with Gasteiger partial charge in [-0.3, -0.25) is 15.5 Å². The highest BCUT2D eigenvalue weighted by molar-refractivity contribution is 9.10. The van der Waals surface area contributed by atoms with Crippen molar-refractivity contribution in [2.24, 2.45) is 5.84 Å². The molecule has 21 heavy (non-hydrogen) atoms. The third kappa shape index (κ3) is 3.88. The van der Waals surface area contributed by atoms with Gasteiger partial charge in [0.05, 0.1) is 28.6 Å². The molecule has 0 saturated carbocycles. The molecule has 0 aliphatic carbocycles. The van der Waals surface area contributed by atoms with E-state index in [4.69, 9.17) is 5.84 Å². The number of rotatable bonds is 6. The molecule has 2 aromatic heterocycles. The zero-order valence-electron chi connectivity index (χ0n) is 12.5. The van der Waals surface area contributed by atoms with Crippen molar-refractivity contribution in [1.29, 1.82) is 0 Å². The minimum atomic E-state index is -0.205. The van der Waals surface area contributed by atoms with Crippen molar-refractivity contribution in [3.8, 4) is 0 Å². The molecule has 0 radical (unpaired) electrons. The first-order valence-corrected chi connectivity index (χ1v) is 7.57. The molecule has 0 aliphatic rings. The van der Waals surface area contributed by atoms with Gasteiger partial charge in [0.1, 0.15) is 6.04 Å². The molecule has 0 aromatic carbocycles. The quantitative estimate of drug-likeness (QED) is 0.608. The molecule has 0 aliphatic heterocycles. The van der Waals surface area contributed by atoms with Crippen molar-refractivity contribution in [1.82, 2.24) is 25.1 Å². The second kappa shape index (κ2) is 7.13. The van der Waals surface area contributed by atoms with E-state index in [1.165, 1.54) is 0 Å². The van der Waals surface area contributed by atoms with Crippen LogP contribution in [0.5, 0.6) is 0 Å². The van der Waals surface area contributed by atoms with Gasteiger partial charge >= 0.3 is 0 Å². The Morgan fingerprint density at radius 1 is 1.48 bits per heavy atom. The number of hydrazine groups is 1. The molecule has 0 saturated heterocycles. The van der Waals surface area contributed by atoms with Crippen LogP contribution in [0.4, 0.5) is 0 Å². The van der Waals surface area contributed by atoms with Crippen molar-refractivity contribution < 1.29 is 0 Å². The van der Waals surface area contributed by atoms with Crippen molar-refractivity contribution in [3.05, 3.63) is 46.0 Å². The number of nitrogens with zero attached hydrogens (tertiary/aromatic N) is 4. The number of halogens is 1. The molecule has 2 aromatic rings. The number of aromatic nitrogens is 3. The zero-order chi connectivity index (χ0) is 15.4. The lowest BCUT2D eigenvalue weighted by atomic mass is 10.1. The molecule has 0 bridgehead atoms. The molecule has 2 rings (SSSR count). The summed E-state index contributed by atoms with van der Waals surface area (Å²) in [5, 5.41) is 4.42. The Kier molecular flexibility index (Phi) is 5.46. The molecule has 1 unspecified atom stereocenters. The second-order valence-electron chi connectivity index (χ2n) is 5.26. The maximum Gasteiger partial charge on any atom is 0.106 e. The van der Waals surface area contributed by atoms with Gasteiger partial charge in [-0.1, -0.05) is 0 Å². The topological polar surface area (TPSA) is 72.0 Å². The highest BCUT2D eigenvalue weighted by atomic mass is 79.9. The number of hydrogen-bond donors (Lipinski definition) is 2. The van der Waals surface area contributed by atoms with Crippen LogP contribution in [0.1, 0.15) is 23.0 Å². The van der Waals surface area contributed by atoms with E-state index >= 15 is 0 Å². The average Bonchev–Trinajstić information content (AvgIpc) is 2.79. The Balaban J connectivity index is 2.35. The minimum absolute atomic E-state index is 0.205. The van der Waals surface area contributed by atoms with E-state index in [2.05, 4.69) is 36.3 Å². The van der Waals surface area contributed by atoms with Crippen LogP contribution in [0, 0.1) is 6.92 Å². The van der Waals surface area contributed by atoms with Crippen LogP contribution < -0.4 is 11.3 Å². The van der Waals surface area contributed by atoms with E-state index < -0.39 is 0 Å². The molecule has 1 atom stereocenters. The summed E-state index contributed by atoms with van der Waals surface area (Å²) in [6, 6.07) is 3.79. The van der Waals surface area contributed by atoms with E-state index in [9.17, 15) is 0 Å². The first kappa shape index (κ1) is 16.1. The van der Waals surface area contributed by atoms with Gasteiger partial charge in [-0.2, -0.15) is 5.10 Å². The molecular weight excluding hydrogens is 332 g/mol. The van der Waals surface area contributed by atoms with Crippen LogP contribution in [0.3, 0.4) is 0 Å². The fraction of sp³-hybridized carbons (Fsp3) is 0.429. The van der Waals surface area contributed by atoms with Crippen LogP contribution in [-0.2, 0) is 6.54 Å². The van der Waals surface area contributed by atoms with E-state index in [-0.39, 0.29) is 6.04 Å². The summed E-state index contributed by atoms with van der Waals surface area (Å²) >= 11 is 3.56. The predicted octanol–water partition coefficient (Wildman–Crippen LogP) is 1.46. The van der Waals surface area contributed by atoms with Gasteiger partial charge in [0.2, 0.25) is 0 Å². The third-order valence-electron chi connectivity index (χ3n) is 3.26. The number of likely N-dealkylation sites (N-methyl/N-ethyl adjacent to an activating group) is 1. The van der Waals surface area contributed by atoms with Crippen molar-refractivity contribution >= 4 is 15.9 Å². The normalized spacial score (nSPS) is 12.9. The number of hydrogen-bond acceptors (Lipinski definition) is 5. The van der Waals surface area contributed by atoms with Gasteiger partial charge in [-0.05, 0) is 54.6 Å². The summed E-state index contributed by atoms with van der Waals surface area (Å²) in [4.78, 5) is 6.55. The van der Waals surface area contributed by atoms with E-state index in [1.807, 2.05) is 37.8 Å². The highest BCUT2D eigenvalue weighted by Gasteiger charge is 2.22. The molecule has 7 heteroatoms. The van der Waals surface area contributed by atoms with E-state index in [1.54, 1.807) is 12.4 Å². The first-order chi connectivity index (χ1) is 10.0. The summed E-state index contributed by atoms with van der Waals surface area (Å²) in [5.74, 6) is 5.78. The van der Waals surface area contributed by atoms with Crippen molar-refractivity contribution in [2.75, 3.05) is 20.6 Å². The smallest absolute Gasteiger partial charge is 0.106 e. The number of nitrogens with one attached hydrogen (secondary N) is 1. The Morgan fingerprint density at radius 2 is 2.24 bits per heavy atom. The molecular formula is C14H21BrN6. The first-order valence-electron chi connectivity index (χ1n) is 6.77. The largest absolute Gasteiger partial charge is 0.308 e. The molecule has 114 valence electrons. The number of nitrogens with two attached hydrogens (primary N) is 1. The van der Waals surface area contributed by atoms with Crippen LogP contribution in [-0.4, -0.2) is 40.3 Å². The predicted molar refractivity (Wildman–Crippen MR) is 86.6 cm³/mol. The van der Waals surface area contributed by atoms with Gasteiger partial charge in [0.25, 0.3) is 0 Å². The van der Waals surface area contributed by atoms with Gasteiger partial charge in [-0.15, -0.1) is 0 Å². The Hall–Kier alpha value is -1.28. The summed E-state index contributed by atoms with van der Waals surface area (Å²) in [5.41, 5.74) is 5.86. The monoisotopic (exact) mass is 352 g/mol. The summed E-state index contributed by atoms with van der Waals surface area (Å²) < 4.78 is 2.88. The average molecular weight is 353 g/mol. The van der Waals surface area contributed by atoms with Crippen molar-refractivity contribution in [3.63, 3.8) is 0 Å². The Bertz CT molecular complexity index is 595. The Labute approximate surface area is 133 Å². The summed E-state index contributed by atoms with van der Waals surface area (Å²) in [7, 11) is 4.08. The standard InChI is InChI=1S/C14H21BrN6/c1-10-4-5-17-12(8-10)13(19-16)14-11(15)9-18-21(14)7-6-20(2)3/h4-5,8-9,13,19H,6-7,16H2,1-3H3. The molecule has 3 N–H and O–H groups in total. The number of aryl methyl sites for hydroxylation is 1. The fourth-order valence-electron chi connectivity index (χ4n) is 2.15. The van der Waals surface area contributed by atoms with Crippen molar-refractivity contribution in [2.45, 2.75) is 19.5 Å². The molecule has 2 heterocycles. The molecule has 0 spiro atoms. The summed E-state index contributed by atoms with van der Waals surface area (Å²) in [6.45, 7) is 3.73. The van der Waals surface area contributed by atoms with E-state index in [0.717, 1.165) is 34.5 Å². The molecule has 0 fully saturated rings. The lowest BCUT2D eigenvalue weighted by Crippen LogP contribution is -2.32. The fourth-order valence-corrected chi connectivity index (χ4v) is 2.68. The maximum atomic E-state index is 5.78. The maximum absolute atomic E-state index is 5.78.